The van der Waals surface area contributed by atoms with Crippen LogP contribution in [0.3, 0.4) is 0 Å². The van der Waals surface area contributed by atoms with Gasteiger partial charge >= 0.3 is 5.69 Å². The van der Waals surface area contributed by atoms with Crippen LogP contribution >= 0.6 is 0 Å². The van der Waals surface area contributed by atoms with Gasteiger partial charge in [0.2, 0.25) is 5.91 Å². The van der Waals surface area contributed by atoms with E-state index in [9.17, 15) is 19.2 Å². The number of fused-ring (bicyclic) bond motifs is 1. The van der Waals surface area contributed by atoms with E-state index in [0.717, 1.165) is 15.7 Å². The molecule has 0 aliphatic rings. The summed E-state index contributed by atoms with van der Waals surface area (Å²) in [6.45, 7) is 2.72. The fourth-order valence-electron chi connectivity index (χ4n) is 4.89. The third kappa shape index (κ3) is 6.41. The molecular weight excluding hydrogens is 532 g/mol. The van der Waals surface area contributed by atoms with Gasteiger partial charge in [-0.2, -0.15) is 0 Å². The van der Waals surface area contributed by atoms with Gasteiger partial charge in [0.05, 0.1) is 23.7 Å². The Morgan fingerprint density at radius 3 is 2.24 bits per heavy atom. The molecule has 0 saturated heterocycles. The Morgan fingerprint density at radius 1 is 0.857 bits per heavy atom. The summed E-state index contributed by atoms with van der Waals surface area (Å²) in [5.41, 5.74) is 1.38. The van der Waals surface area contributed by atoms with Crippen molar-refractivity contribution in [3.63, 3.8) is 0 Å². The van der Waals surface area contributed by atoms with E-state index < -0.39 is 11.2 Å². The maximum atomic E-state index is 13.8. The van der Waals surface area contributed by atoms with Gasteiger partial charge in [-0.3, -0.25) is 23.5 Å². The zero-order chi connectivity index (χ0) is 29.5. The van der Waals surface area contributed by atoms with Crippen LogP contribution in [-0.2, 0) is 30.8 Å². The number of carbonyl (C=O) groups excluding carboxylic acids is 2. The van der Waals surface area contributed by atoms with E-state index in [-0.39, 0.29) is 41.4 Å². The predicted molar refractivity (Wildman–Crippen MR) is 160 cm³/mol. The van der Waals surface area contributed by atoms with Gasteiger partial charge in [0.25, 0.3) is 11.5 Å². The fourth-order valence-corrected chi connectivity index (χ4v) is 4.89. The molecule has 1 N–H and O–H groups in total. The Balaban J connectivity index is 1.49. The topological polar surface area (TPSA) is 107 Å². The highest BCUT2D eigenvalue weighted by molar-refractivity contribution is 5.98. The third-order valence-electron chi connectivity index (χ3n) is 7.17. The van der Waals surface area contributed by atoms with Gasteiger partial charge in [-0.25, -0.2) is 4.79 Å². The molecule has 0 unspecified atom stereocenters. The standard InChI is InChI=1S/C33H32N4O5/c1-2-35(21-25-12-7-4-8-13-25)30(38)23-36-29-20-26(31(39)34-18-17-24-10-5-3-6-11-24)15-16-28(29)32(40)37(33(36)41)22-27-14-9-19-42-27/h3-16,19-20H,2,17-18,21-23H2,1H3,(H,34,39). The number of amides is 2. The van der Waals surface area contributed by atoms with E-state index in [1.54, 1.807) is 23.1 Å². The molecule has 0 atom stereocenters. The van der Waals surface area contributed by atoms with Gasteiger partial charge in [0.1, 0.15) is 12.3 Å². The smallest absolute Gasteiger partial charge is 0.332 e. The number of nitrogens with zero attached hydrogens (tertiary/aromatic N) is 3. The molecule has 5 aromatic rings. The molecule has 0 spiro atoms. The van der Waals surface area contributed by atoms with Crippen LogP contribution in [0.5, 0.6) is 0 Å². The number of furan rings is 1. The molecule has 5 rings (SSSR count). The van der Waals surface area contributed by atoms with Crippen LogP contribution < -0.4 is 16.6 Å². The van der Waals surface area contributed by atoms with Crippen molar-refractivity contribution in [1.82, 2.24) is 19.4 Å². The highest BCUT2D eigenvalue weighted by Crippen LogP contribution is 2.14. The van der Waals surface area contributed by atoms with E-state index >= 15 is 0 Å². The van der Waals surface area contributed by atoms with Crippen molar-refractivity contribution in [2.24, 2.45) is 0 Å². The maximum absolute atomic E-state index is 13.8. The van der Waals surface area contributed by atoms with Crippen LogP contribution in [0, 0.1) is 0 Å². The second-order valence-electron chi connectivity index (χ2n) is 9.96. The third-order valence-corrected chi connectivity index (χ3v) is 7.17. The van der Waals surface area contributed by atoms with Crippen molar-refractivity contribution in [3.8, 4) is 0 Å². The molecule has 9 nitrogen and oxygen atoms in total. The molecule has 0 saturated carbocycles. The minimum absolute atomic E-state index is 0.0853. The molecule has 2 aromatic heterocycles. The number of benzene rings is 3. The molecule has 0 aliphatic carbocycles. The first-order valence-corrected chi connectivity index (χ1v) is 13.9. The summed E-state index contributed by atoms with van der Waals surface area (Å²) in [4.78, 5) is 55.5. The lowest BCUT2D eigenvalue weighted by Gasteiger charge is -2.22. The minimum Gasteiger partial charge on any atom is -0.467 e. The zero-order valence-corrected chi connectivity index (χ0v) is 23.4. The van der Waals surface area contributed by atoms with Crippen LogP contribution in [0.1, 0.15) is 34.2 Å². The first kappa shape index (κ1) is 28.4. The Labute approximate surface area is 242 Å². The highest BCUT2D eigenvalue weighted by Gasteiger charge is 2.20. The normalized spacial score (nSPS) is 11.0. The van der Waals surface area contributed by atoms with Gasteiger partial charge < -0.3 is 14.6 Å². The zero-order valence-electron chi connectivity index (χ0n) is 23.4. The molecule has 9 heteroatoms. The van der Waals surface area contributed by atoms with E-state index in [2.05, 4.69) is 5.32 Å². The molecule has 0 radical (unpaired) electrons. The first-order chi connectivity index (χ1) is 20.4. The van der Waals surface area contributed by atoms with Crippen LogP contribution in [0.25, 0.3) is 10.9 Å². The Bertz CT molecular complexity index is 1790. The summed E-state index contributed by atoms with van der Waals surface area (Å²) >= 11 is 0. The molecule has 3 aromatic carbocycles. The fraction of sp³-hybridized carbons (Fsp3) is 0.212. The average molecular weight is 565 g/mol. The predicted octanol–water partition coefficient (Wildman–Crippen LogP) is 3.83. The van der Waals surface area contributed by atoms with Gasteiger partial charge in [-0.15, -0.1) is 0 Å². The second-order valence-corrected chi connectivity index (χ2v) is 9.96. The van der Waals surface area contributed by atoms with Gasteiger partial charge in [0.15, 0.2) is 0 Å². The highest BCUT2D eigenvalue weighted by atomic mass is 16.3. The van der Waals surface area contributed by atoms with E-state index in [1.807, 2.05) is 67.6 Å². The molecule has 42 heavy (non-hydrogen) atoms. The lowest BCUT2D eigenvalue weighted by Crippen LogP contribution is -2.43. The van der Waals surface area contributed by atoms with Crippen LogP contribution in [0.4, 0.5) is 0 Å². The van der Waals surface area contributed by atoms with Crippen molar-refractivity contribution in [1.29, 1.82) is 0 Å². The SMILES string of the molecule is CCN(Cc1ccccc1)C(=O)Cn1c(=O)n(Cc2ccco2)c(=O)c2ccc(C(=O)NCCc3ccccc3)cc21. The average Bonchev–Trinajstić information content (AvgIpc) is 3.54. The van der Waals surface area contributed by atoms with Crippen LogP contribution in [-0.4, -0.2) is 38.9 Å². The summed E-state index contributed by atoms with van der Waals surface area (Å²) in [5.74, 6) is -0.192. The van der Waals surface area contributed by atoms with Gasteiger partial charge in [0, 0.05) is 25.2 Å². The molecule has 214 valence electrons. The van der Waals surface area contributed by atoms with Crippen molar-refractivity contribution < 1.29 is 14.0 Å². The lowest BCUT2D eigenvalue weighted by molar-refractivity contribution is -0.132. The van der Waals surface area contributed by atoms with Gasteiger partial charge in [-0.1, -0.05) is 60.7 Å². The van der Waals surface area contributed by atoms with E-state index in [0.29, 0.717) is 31.8 Å². The van der Waals surface area contributed by atoms with Crippen molar-refractivity contribution >= 4 is 22.7 Å². The van der Waals surface area contributed by atoms with Crippen molar-refractivity contribution in [2.75, 3.05) is 13.1 Å². The summed E-state index contributed by atoms with van der Waals surface area (Å²) in [7, 11) is 0. The first-order valence-electron chi connectivity index (χ1n) is 13.9. The van der Waals surface area contributed by atoms with E-state index in [4.69, 9.17) is 4.42 Å². The van der Waals surface area contributed by atoms with Crippen LogP contribution in [0.2, 0.25) is 0 Å². The Morgan fingerprint density at radius 2 is 1.57 bits per heavy atom. The number of hydrogen-bond acceptors (Lipinski definition) is 5. The number of rotatable bonds is 11. The second kappa shape index (κ2) is 13.0. The molecular formula is C33H32N4O5. The summed E-state index contributed by atoms with van der Waals surface area (Å²) in [5, 5.41) is 3.12. The maximum Gasteiger partial charge on any atom is 0.332 e. The lowest BCUT2D eigenvalue weighted by atomic mass is 10.1. The molecule has 0 aliphatic heterocycles. The Hall–Kier alpha value is -5.18. The molecule has 2 heterocycles. The Kier molecular flexibility index (Phi) is 8.77. The van der Waals surface area contributed by atoms with Crippen molar-refractivity contribution in [2.45, 2.75) is 33.0 Å². The van der Waals surface area contributed by atoms with Gasteiger partial charge in [-0.05, 0) is 54.8 Å². The summed E-state index contributed by atoms with van der Waals surface area (Å²) < 4.78 is 7.72. The quantitative estimate of drug-likeness (QED) is 0.263. The summed E-state index contributed by atoms with van der Waals surface area (Å²) in [6, 6.07) is 27.3. The summed E-state index contributed by atoms with van der Waals surface area (Å²) in [6.07, 6.45) is 2.12. The largest absolute Gasteiger partial charge is 0.467 e. The van der Waals surface area contributed by atoms with Crippen molar-refractivity contribution in [3.05, 3.63) is 141 Å². The van der Waals surface area contributed by atoms with Crippen LogP contribution in [0.15, 0.2) is 111 Å². The molecule has 0 fully saturated rings. The number of likely N-dealkylation sites (N-methyl/N-ethyl adjacent to an activating group) is 1. The number of aromatic nitrogens is 2. The number of nitrogens with one attached hydrogen (secondary N) is 1. The van der Waals surface area contributed by atoms with E-state index in [1.165, 1.54) is 23.0 Å². The minimum atomic E-state index is -0.658. The number of carbonyl (C=O) groups is 2. The number of hydrogen-bond donors (Lipinski definition) is 1. The monoisotopic (exact) mass is 564 g/mol. The molecule has 0 bridgehead atoms. The molecule has 2 amide bonds.